The van der Waals surface area contributed by atoms with Gasteiger partial charge in [-0.3, -0.25) is 13.9 Å². The van der Waals surface area contributed by atoms with Gasteiger partial charge in [-0.15, -0.1) is 0 Å². The summed E-state index contributed by atoms with van der Waals surface area (Å²) in [7, 11) is 1.68. The predicted octanol–water partition coefficient (Wildman–Crippen LogP) is 2.27. The van der Waals surface area contributed by atoms with Crippen molar-refractivity contribution in [1.82, 2.24) is 18.7 Å². The van der Waals surface area contributed by atoms with E-state index in [4.69, 9.17) is 4.98 Å². The highest BCUT2D eigenvalue weighted by atomic mass is 16.2. The summed E-state index contributed by atoms with van der Waals surface area (Å²) < 4.78 is 4.73. The van der Waals surface area contributed by atoms with Crippen molar-refractivity contribution in [3.63, 3.8) is 0 Å². The molecule has 2 aromatic heterocycles. The first kappa shape index (κ1) is 18.4. The zero-order valence-electron chi connectivity index (χ0n) is 17.1. The lowest BCUT2D eigenvalue weighted by atomic mass is 10.1. The second-order valence-electron chi connectivity index (χ2n) is 7.86. The minimum absolute atomic E-state index is 0.246. The average Bonchev–Trinajstić information content (AvgIpc) is 3.32. The first-order valence-corrected chi connectivity index (χ1v) is 10.1. The highest BCUT2D eigenvalue weighted by molar-refractivity contribution is 5.75. The average molecular weight is 401 g/mol. The van der Waals surface area contributed by atoms with Crippen molar-refractivity contribution < 1.29 is 0 Å². The molecule has 0 N–H and O–H groups in total. The lowest BCUT2D eigenvalue weighted by Crippen LogP contribution is -2.40. The highest BCUT2D eigenvalue weighted by Crippen LogP contribution is 2.26. The molecular formula is C23H23N5O2. The maximum absolute atomic E-state index is 13.3. The third kappa shape index (κ3) is 2.94. The third-order valence-electron chi connectivity index (χ3n) is 5.77. The quantitative estimate of drug-likeness (QED) is 0.526. The normalized spacial score (nSPS) is 13.2. The van der Waals surface area contributed by atoms with E-state index in [0.717, 1.165) is 24.6 Å². The minimum atomic E-state index is -0.349. The van der Waals surface area contributed by atoms with Crippen LogP contribution in [0.25, 0.3) is 11.2 Å². The molecule has 7 heteroatoms. The van der Waals surface area contributed by atoms with Crippen molar-refractivity contribution in [2.45, 2.75) is 26.6 Å². The van der Waals surface area contributed by atoms with Crippen LogP contribution >= 0.6 is 0 Å². The summed E-state index contributed by atoms with van der Waals surface area (Å²) in [5, 5.41) is 0. The molecule has 0 atom stereocenters. The van der Waals surface area contributed by atoms with Crippen LogP contribution < -0.4 is 16.1 Å². The molecular weight excluding hydrogens is 378 g/mol. The van der Waals surface area contributed by atoms with Gasteiger partial charge in [0.25, 0.3) is 5.56 Å². The zero-order valence-corrected chi connectivity index (χ0v) is 17.1. The van der Waals surface area contributed by atoms with Crippen LogP contribution in [-0.2, 0) is 26.7 Å². The molecule has 0 fully saturated rings. The topological polar surface area (TPSA) is 65.1 Å². The number of nitrogens with zero attached hydrogens (tertiary/aromatic N) is 5. The van der Waals surface area contributed by atoms with Crippen molar-refractivity contribution in [1.29, 1.82) is 0 Å². The SMILES string of the molecule is Cc1ccc(CN2CCn3c2nc2c3c(=O)n(Cc3ccccc3)c(=O)n2C)cc1. The van der Waals surface area contributed by atoms with E-state index < -0.39 is 0 Å². The van der Waals surface area contributed by atoms with Gasteiger partial charge in [0, 0.05) is 26.7 Å². The van der Waals surface area contributed by atoms with Crippen molar-refractivity contribution in [3.05, 3.63) is 92.1 Å². The fourth-order valence-corrected chi connectivity index (χ4v) is 4.10. The van der Waals surface area contributed by atoms with Crippen molar-refractivity contribution in [3.8, 4) is 0 Å². The van der Waals surface area contributed by atoms with Gasteiger partial charge in [-0.2, -0.15) is 4.98 Å². The van der Waals surface area contributed by atoms with Crippen LogP contribution in [0, 0.1) is 6.92 Å². The third-order valence-corrected chi connectivity index (χ3v) is 5.77. The summed E-state index contributed by atoms with van der Waals surface area (Å²) in [6.45, 7) is 4.50. The second kappa shape index (κ2) is 7.02. The van der Waals surface area contributed by atoms with Crippen LogP contribution in [0.2, 0.25) is 0 Å². The van der Waals surface area contributed by atoms with Gasteiger partial charge in [0.2, 0.25) is 5.95 Å². The summed E-state index contributed by atoms with van der Waals surface area (Å²) in [6.07, 6.45) is 0. The van der Waals surface area contributed by atoms with E-state index in [2.05, 4.69) is 36.1 Å². The number of rotatable bonds is 4. The Bertz CT molecular complexity index is 1350. The van der Waals surface area contributed by atoms with Gasteiger partial charge in [0.15, 0.2) is 11.2 Å². The van der Waals surface area contributed by atoms with Crippen LogP contribution in [0.5, 0.6) is 0 Å². The summed E-state index contributed by atoms with van der Waals surface area (Å²) in [4.78, 5) is 33.1. The molecule has 0 bridgehead atoms. The Labute approximate surface area is 173 Å². The van der Waals surface area contributed by atoms with Crippen LogP contribution in [0.15, 0.2) is 64.2 Å². The molecule has 2 aromatic carbocycles. The van der Waals surface area contributed by atoms with Gasteiger partial charge in [0.1, 0.15) is 0 Å². The Balaban J connectivity index is 1.59. The number of benzene rings is 2. The molecule has 30 heavy (non-hydrogen) atoms. The Morgan fingerprint density at radius 1 is 0.900 bits per heavy atom. The van der Waals surface area contributed by atoms with Crippen molar-refractivity contribution >= 4 is 17.1 Å². The summed E-state index contributed by atoms with van der Waals surface area (Å²) in [6, 6.07) is 18.0. The van der Waals surface area contributed by atoms with Crippen molar-refractivity contribution in [2.24, 2.45) is 7.05 Å². The molecule has 4 aromatic rings. The molecule has 3 heterocycles. The largest absolute Gasteiger partial charge is 0.336 e. The maximum atomic E-state index is 13.3. The Kier molecular flexibility index (Phi) is 4.31. The molecule has 0 saturated heterocycles. The van der Waals surface area contributed by atoms with Crippen LogP contribution in [-0.4, -0.2) is 25.2 Å². The van der Waals surface area contributed by atoms with Gasteiger partial charge < -0.3 is 9.47 Å². The fourth-order valence-electron chi connectivity index (χ4n) is 4.10. The number of aryl methyl sites for hydroxylation is 2. The minimum Gasteiger partial charge on any atom is -0.336 e. The Hall–Kier alpha value is -3.61. The van der Waals surface area contributed by atoms with E-state index in [9.17, 15) is 9.59 Å². The van der Waals surface area contributed by atoms with Gasteiger partial charge in [0.05, 0.1) is 6.54 Å². The number of imidazole rings is 1. The number of hydrogen-bond donors (Lipinski definition) is 0. The molecule has 152 valence electrons. The molecule has 0 radical (unpaired) electrons. The Morgan fingerprint density at radius 3 is 2.33 bits per heavy atom. The number of aromatic nitrogens is 4. The Morgan fingerprint density at radius 2 is 1.60 bits per heavy atom. The van der Waals surface area contributed by atoms with Crippen molar-refractivity contribution in [2.75, 3.05) is 11.4 Å². The molecule has 1 aliphatic heterocycles. The molecule has 0 spiro atoms. The summed E-state index contributed by atoms with van der Waals surface area (Å²) in [5.41, 5.74) is 3.63. The lowest BCUT2D eigenvalue weighted by molar-refractivity contribution is 0.651. The fraction of sp³-hybridized carbons (Fsp3) is 0.261. The monoisotopic (exact) mass is 401 g/mol. The van der Waals surface area contributed by atoms with E-state index >= 15 is 0 Å². The van der Waals surface area contributed by atoms with Gasteiger partial charge >= 0.3 is 5.69 Å². The number of anilines is 1. The number of fused-ring (bicyclic) bond motifs is 3. The zero-order chi connectivity index (χ0) is 20.8. The van der Waals surface area contributed by atoms with E-state index in [1.165, 1.54) is 20.3 Å². The van der Waals surface area contributed by atoms with E-state index in [-0.39, 0.29) is 17.8 Å². The molecule has 5 rings (SSSR count). The summed E-state index contributed by atoms with van der Waals surface area (Å²) in [5.74, 6) is 0.745. The van der Waals surface area contributed by atoms with E-state index in [1.807, 2.05) is 34.9 Å². The highest BCUT2D eigenvalue weighted by Gasteiger charge is 2.27. The predicted molar refractivity (Wildman–Crippen MR) is 117 cm³/mol. The molecule has 0 aliphatic carbocycles. The molecule has 0 amide bonds. The standard InChI is InChI=1S/C23H23N5O2/c1-16-8-10-18(11-9-16)14-26-12-13-27-19-20(24-22(26)27)25(2)23(30)28(21(19)29)15-17-6-4-3-5-7-17/h3-11H,12-15H2,1-2H3. The first-order valence-electron chi connectivity index (χ1n) is 10.1. The van der Waals surface area contributed by atoms with Gasteiger partial charge in [-0.1, -0.05) is 60.2 Å². The molecule has 0 saturated carbocycles. The molecule has 0 unspecified atom stereocenters. The van der Waals surface area contributed by atoms with Crippen LogP contribution in [0.1, 0.15) is 16.7 Å². The summed E-state index contributed by atoms with van der Waals surface area (Å²) >= 11 is 0. The van der Waals surface area contributed by atoms with Crippen LogP contribution in [0.4, 0.5) is 5.95 Å². The smallest absolute Gasteiger partial charge is 0.332 e. The first-order chi connectivity index (χ1) is 14.5. The molecule has 7 nitrogen and oxygen atoms in total. The molecule has 1 aliphatic rings. The maximum Gasteiger partial charge on any atom is 0.332 e. The van der Waals surface area contributed by atoms with E-state index in [0.29, 0.717) is 17.7 Å². The van der Waals surface area contributed by atoms with E-state index in [1.54, 1.807) is 7.05 Å². The van der Waals surface area contributed by atoms with Gasteiger partial charge in [-0.25, -0.2) is 4.79 Å². The second-order valence-corrected chi connectivity index (χ2v) is 7.86. The number of hydrogen-bond acceptors (Lipinski definition) is 4. The van der Waals surface area contributed by atoms with Crippen LogP contribution in [0.3, 0.4) is 0 Å². The van der Waals surface area contributed by atoms with Gasteiger partial charge in [-0.05, 0) is 18.1 Å². The lowest BCUT2D eigenvalue weighted by Gasteiger charge is -2.16.